The molecule has 2 aliphatic rings. The zero-order chi connectivity index (χ0) is 12.8. The summed E-state index contributed by atoms with van der Waals surface area (Å²) >= 11 is 0. The second kappa shape index (κ2) is 7.46. The molecule has 3 N–H and O–H groups in total. The van der Waals surface area contributed by atoms with Gasteiger partial charge in [0.25, 0.3) is 0 Å². The summed E-state index contributed by atoms with van der Waals surface area (Å²) in [7, 11) is 0. The Kier molecular flexibility index (Phi) is 5.93. The van der Waals surface area contributed by atoms with Gasteiger partial charge in [-0.25, -0.2) is 0 Å². The zero-order valence-electron chi connectivity index (χ0n) is 11.8. The first-order chi connectivity index (χ1) is 8.77. The van der Waals surface area contributed by atoms with Crippen molar-refractivity contribution in [3.05, 3.63) is 0 Å². The molecule has 0 amide bonds. The van der Waals surface area contributed by atoms with Gasteiger partial charge in [-0.05, 0) is 64.5 Å². The highest BCUT2D eigenvalue weighted by atomic mass is 16.3. The van der Waals surface area contributed by atoms with Crippen LogP contribution >= 0.6 is 0 Å². The summed E-state index contributed by atoms with van der Waals surface area (Å²) in [5, 5.41) is 16.7. The molecule has 1 saturated heterocycles. The van der Waals surface area contributed by atoms with Crippen LogP contribution in [0, 0.1) is 5.92 Å². The SMILES string of the molecule is CC(O)CCCNC1CCCCC1C1CCCN1. The first-order valence-electron chi connectivity index (χ1n) is 7.92. The molecule has 1 aliphatic carbocycles. The van der Waals surface area contributed by atoms with Gasteiger partial charge in [-0.2, -0.15) is 0 Å². The van der Waals surface area contributed by atoms with E-state index in [4.69, 9.17) is 0 Å². The topological polar surface area (TPSA) is 44.3 Å². The third-order valence-electron chi connectivity index (χ3n) is 4.64. The highest BCUT2D eigenvalue weighted by molar-refractivity contribution is 4.91. The quantitative estimate of drug-likeness (QED) is 0.636. The zero-order valence-corrected chi connectivity index (χ0v) is 11.8. The monoisotopic (exact) mass is 254 g/mol. The highest BCUT2D eigenvalue weighted by Gasteiger charge is 2.32. The molecule has 0 aromatic rings. The van der Waals surface area contributed by atoms with Crippen molar-refractivity contribution in [1.29, 1.82) is 0 Å². The Balaban J connectivity index is 1.73. The molecule has 106 valence electrons. The first kappa shape index (κ1) is 14.3. The molecule has 1 aliphatic heterocycles. The lowest BCUT2D eigenvalue weighted by atomic mass is 9.79. The molecule has 0 spiro atoms. The normalized spacial score (nSPS) is 34.7. The van der Waals surface area contributed by atoms with Crippen LogP contribution < -0.4 is 10.6 Å². The lowest BCUT2D eigenvalue weighted by Crippen LogP contribution is -2.47. The third kappa shape index (κ3) is 4.22. The highest BCUT2D eigenvalue weighted by Crippen LogP contribution is 2.30. The molecule has 1 saturated carbocycles. The average Bonchev–Trinajstić information content (AvgIpc) is 2.88. The van der Waals surface area contributed by atoms with Crippen LogP contribution in [-0.4, -0.2) is 36.4 Å². The molecule has 1 heterocycles. The number of aliphatic hydroxyl groups excluding tert-OH is 1. The van der Waals surface area contributed by atoms with E-state index in [0.717, 1.165) is 31.3 Å². The smallest absolute Gasteiger partial charge is 0.0512 e. The molecule has 2 fully saturated rings. The second-order valence-corrected chi connectivity index (χ2v) is 6.20. The summed E-state index contributed by atoms with van der Waals surface area (Å²) in [4.78, 5) is 0. The molecule has 0 aromatic carbocycles. The maximum Gasteiger partial charge on any atom is 0.0512 e. The Bertz CT molecular complexity index is 227. The number of hydrogen-bond acceptors (Lipinski definition) is 3. The van der Waals surface area contributed by atoms with Gasteiger partial charge in [0.15, 0.2) is 0 Å². The lowest BCUT2D eigenvalue weighted by Gasteiger charge is -2.36. The van der Waals surface area contributed by atoms with Gasteiger partial charge in [-0.15, -0.1) is 0 Å². The van der Waals surface area contributed by atoms with Crippen molar-refractivity contribution in [1.82, 2.24) is 10.6 Å². The molecule has 18 heavy (non-hydrogen) atoms. The van der Waals surface area contributed by atoms with Crippen LogP contribution in [0.3, 0.4) is 0 Å². The molecular formula is C15H30N2O. The van der Waals surface area contributed by atoms with Crippen molar-refractivity contribution < 1.29 is 5.11 Å². The van der Waals surface area contributed by atoms with E-state index >= 15 is 0 Å². The van der Waals surface area contributed by atoms with E-state index in [1.54, 1.807) is 0 Å². The van der Waals surface area contributed by atoms with Crippen LogP contribution in [-0.2, 0) is 0 Å². The van der Waals surface area contributed by atoms with Crippen LogP contribution in [0.1, 0.15) is 58.3 Å². The molecule has 4 unspecified atom stereocenters. The van der Waals surface area contributed by atoms with Gasteiger partial charge in [-0.3, -0.25) is 0 Å². The molecule has 2 rings (SSSR count). The van der Waals surface area contributed by atoms with Crippen LogP contribution in [0.4, 0.5) is 0 Å². The Morgan fingerprint density at radius 3 is 2.78 bits per heavy atom. The lowest BCUT2D eigenvalue weighted by molar-refractivity contribution is 0.176. The molecule has 3 nitrogen and oxygen atoms in total. The van der Waals surface area contributed by atoms with Crippen molar-refractivity contribution in [3.63, 3.8) is 0 Å². The van der Waals surface area contributed by atoms with E-state index in [9.17, 15) is 5.11 Å². The fraction of sp³-hybridized carbons (Fsp3) is 1.00. The maximum absolute atomic E-state index is 9.28. The van der Waals surface area contributed by atoms with Gasteiger partial charge < -0.3 is 15.7 Å². The number of rotatable bonds is 6. The predicted molar refractivity (Wildman–Crippen MR) is 75.7 cm³/mol. The largest absolute Gasteiger partial charge is 0.393 e. The minimum Gasteiger partial charge on any atom is -0.393 e. The van der Waals surface area contributed by atoms with Gasteiger partial charge in [0.05, 0.1) is 6.10 Å². The first-order valence-corrected chi connectivity index (χ1v) is 7.92. The molecule has 0 radical (unpaired) electrons. The van der Waals surface area contributed by atoms with E-state index in [1.165, 1.54) is 45.1 Å². The molecular weight excluding hydrogens is 224 g/mol. The number of aliphatic hydroxyl groups is 1. The predicted octanol–water partition coefficient (Wildman–Crippen LogP) is 2.05. The van der Waals surface area contributed by atoms with Crippen LogP contribution in [0.25, 0.3) is 0 Å². The summed E-state index contributed by atoms with van der Waals surface area (Å²) in [5.41, 5.74) is 0. The van der Waals surface area contributed by atoms with E-state index < -0.39 is 0 Å². The Hall–Kier alpha value is -0.120. The van der Waals surface area contributed by atoms with Crippen LogP contribution in [0.2, 0.25) is 0 Å². The summed E-state index contributed by atoms with van der Waals surface area (Å²) in [6, 6.07) is 1.47. The van der Waals surface area contributed by atoms with E-state index in [1.807, 2.05) is 6.92 Å². The van der Waals surface area contributed by atoms with Crippen molar-refractivity contribution in [3.8, 4) is 0 Å². The van der Waals surface area contributed by atoms with Crippen LogP contribution in [0.5, 0.6) is 0 Å². The van der Waals surface area contributed by atoms with Gasteiger partial charge in [0.1, 0.15) is 0 Å². The molecule has 0 aromatic heterocycles. The maximum atomic E-state index is 9.28. The van der Waals surface area contributed by atoms with Crippen LogP contribution in [0.15, 0.2) is 0 Å². The van der Waals surface area contributed by atoms with Gasteiger partial charge in [-0.1, -0.05) is 12.8 Å². The van der Waals surface area contributed by atoms with Crippen molar-refractivity contribution in [2.24, 2.45) is 5.92 Å². The fourth-order valence-electron chi connectivity index (χ4n) is 3.66. The van der Waals surface area contributed by atoms with Gasteiger partial charge >= 0.3 is 0 Å². The molecule has 0 bridgehead atoms. The Labute approximate surface area is 112 Å². The molecule has 4 atom stereocenters. The fourth-order valence-corrected chi connectivity index (χ4v) is 3.66. The molecule has 3 heteroatoms. The van der Waals surface area contributed by atoms with E-state index in [0.29, 0.717) is 6.04 Å². The van der Waals surface area contributed by atoms with Gasteiger partial charge in [0, 0.05) is 12.1 Å². The Morgan fingerprint density at radius 1 is 1.22 bits per heavy atom. The number of hydrogen-bond donors (Lipinski definition) is 3. The van der Waals surface area contributed by atoms with Crippen molar-refractivity contribution in [2.45, 2.75) is 76.5 Å². The summed E-state index contributed by atoms with van der Waals surface area (Å²) < 4.78 is 0. The van der Waals surface area contributed by atoms with E-state index in [2.05, 4.69) is 10.6 Å². The second-order valence-electron chi connectivity index (χ2n) is 6.20. The Morgan fingerprint density at radius 2 is 2.06 bits per heavy atom. The summed E-state index contributed by atoms with van der Waals surface area (Å²) in [6.07, 6.45) is 10.1. The number of nitrogens with one attached hydrogen (secondary N) is 2. The average molecular weight is 254 g/mol. The minimum absolute atomic E-state index is 0.148. The van der Waals surface area contributed by atoms with E-state index in [-0.39, 0.29) is 6.10 Å². The summed E-state index contributed by atoms with van der Waals surface area (Å²) in [5.74, 6) is 0.841. The van der Waals surface area contributed by atoms with Gasteiger partial charge in [0.2, 0.25) is 0 Å². The third-order valence-corrected chi connectivity index (χ3v) is 4.64. The van der Waals surface area contributed by atoms with Crippen molar-refractivity contribution >= 4 is 0 Å². The standard InChI is InChI=1S/C15H30N2O/c1-12(18)6-4-10-16-14-8-3-2-7-13(14)15-9-5-11-17-15/h12-18H,2-11H2,1H3. The van der Waals surface area contributed by atoms with Crippen molar-refractivity contribution in [2.75, 3.05) is 13.1 Å². The summed E-state index contributed by atoms with van der Waals surface area (Å²) in [6.45, 7) is 4.17. The minimum atomic E-state index is -0.148.